The van der Waals surface area contributed by atoms with E-state index in [0.717, 1.165) is 6.42 Å². The van der Waals surface area contributed by atoms with Crippen molar-refractivity contribution in [1.29, 1.82) is 0 Å². The van der Waals surface area contributed by atoms with Crippen LogP contribution in [0.2, 0.25) is 0 Å². The SMILES string of the molecule is CCCOC(=O)c1ccc(NC(=O)COC(=O)[C@@H]2CC(=O)N(c3ccc(C(=O)OC(C)C)cc3)C2)cc1. The second-order valence-corrected chi connectivity index (χ2v) is 8.78. The van der Waals surface area contributed by atoms with Gasteiger partial charge in [-0.3, -0.25) is 14.4 Å². The zero-order chi connectivity index (χ0) is 26.9. The molecule has 1 atom stereocenters. The maximum atomic E-state index is 12.5. The monoisotopic (exact) mass is 510 g/mol. The van der Waals surface area contributed by atoms with Crippen molar-refractivity contribution in [2.45, 2.75) is 39.7 Å². The standard InChI is InChI=1S/C27H30N2O8/c1-4-13-35-25(32)18-5-9-21(10-6-18)28-23(30)16-36-26(33)20-14-24(31)29(15-20)22-11-7-19(8-12-22)27(34)37-17(2)3/h5-12,17,20H,4,13-16H2,1-3H3,(H,28,30)/t20-/m1/s1. The quantitative estimate of drug-likeness (QED) is 0.381. The highest BCUT2D eigenvalue weighted by molar-refractivity contribution is 6.00. The van der Waals surface area contributed by atoms with E-state index in [1.165, 1.54) is 17.0 Å². The van der Waals surface area contributed by atoms with Gasteiger partial charge in [0, 0.05) is 24.3 Å². The summed E-state index contributed by atoms with van der Waals surface area (Å²) in [4.78, 5) is 62.4. The molecule has 0 aliphatic carbocycles. The number of hydrogen-bond donors (Lipinski definition) is 1. The van der Waals surface area contributed by atoms with Gasteiger partial charge in [-0.05, 0) is 68.8 Å². The number of benzene rings is 2. The van der Waals surface area contributed by atoms with Crippen LogP contribution in [0.25, 0.3) is 0 Å². The highest BCUT2D eigenvalue weighted by atomic mass is 16.5. The number of ether oxygens (including phenoxy) is 3. The third-order valence-corrected chi connectivity index (χ3v) is 5.40. The van der Waals surface area contributed by atoms with E-state index < -0.39 is 36.3 Å². The molecule has 2 aromatic rings. The molecule has 3 rings (SSSR count). The van der Waals surface area contributed by atoms with E-state index in [1.54, 1.807) is 50.2 Å². The maximum Gasteiger partial charge on any atom is 0.338 e. The molecule has 0 aromatic heterocycles. The summed E-state index contributed by atoms with van der Waals surface area (Å²) < 4.78 is 15.3. The third kappa shape index (κ3) is 7.63. The fourth-order valence-electron chi connectivity index (χ4n) is 3.59. The number of rotatable bonds is 10. The smallest absolute Gasteiger partial charge is 0.338 e. The minimum Gasteiger partial charge on any atom is -0.462 e. The minimum absolute atomic E-state index is 0.0484. The number of carbonyl (C=O) groups is 5. The lowest BCUT2D eigenvalue weighted by Crippen LogP contribution is -2.28. The summed E-state index contributed by atoms with van der Waals surface area (Å²) in [5, 5.41) is 2.58. The predicted octanol–water partition coefficient (Wildman–Crippen LogP) is 3.35. The van der Waals surface area contributed by atoms with Crippen LogP contribution in [0.3, 0.4) is 0 Å². The first-order chi connectivity index (χ1) is 17.7. The Balaban J connectivity index is 1.48. The summed E-state index contributed by atoms with van der Waals surface area (Å²) in [5.41, 5.74) is 1.69. The van der Waals surface area contributed by atoms with Crippen LogP contribution >= 0.6 is 0 Å². The Hall–Kier alpha value is -4.21. The Morgan fingerprint density at radius 1 is 0.946 bits per heavy atom. The highest BCUT2D eigenvalue weighted by Gasteiger charge is 2.36. The lowest BCUT2D eigenvalue weighted by atomic mass is 10.1. The van der Waals surface area contributed by atoms with Crippen molar-refractivity contribution in [1.82, 2.24) is 0 Å². The van der Waals surface area contributed by atoms with E-state index in [4.69, 9.17) is 14.2 Å². The molecule has 1 saturated heterocycles. The first kappa shape index (κ1) is 27.4. The molecule has 1 heterocycles. The van der Waals surface area contributed by atoms with Crippen LogP contribution in [-0.4, -0.2) is 55.6 Å². The zero-order valence-electron chi connectivity index (χ0n) is 21.0. The van der Waals surface area contributed by atoms with Crippen molar-refractivity contribution in [3.8, 4) is 0 Å². The average Bonchev–Trinajstić information content (AvgIpc) is 3.27. The normalized spacial score (nSPS) is 14.9. The highest BCUT2D eigenvalue weighted by Crippen LogP contribution is 2.26. The Morgan fingerprint density at radius 3 is 2.19 bits per heavy atom. The molecule has 0 radical (unpaired) electrons. The number of nitrogens with zero attached hydrogens (tertiary/aromatic N) is 1. The number of anilines is 2. The molecule has 1 N–H and O–H groups in total. The van der Waals surface area contributed by atoms with Crippen molar-refractivity contribution in [2.24, 2.45) is 5.92 Å². The van der Waals surface area contributed by atoms with Gasteiger partial charge in [-0.25, -0.2) is 9.59 Å². The maximum absolute atomic E-state index is 12.5. The second kappa shape index (κ2) is 12.7. The van der Waals surface area contributed by atoms with Gasteiger partial charge in [0.15, 0.2) is 6.61 Å². The van der Waals surface area contributed by atoms with Crippen molar-refractivity contribution >= 4 is 41.1 Å². The van der Waals surface area contributed by atoms with Gasteiger partial charge in [-0.1, -0.05) is 6.92 Å². The fourth-order valence-corrected chi connectivity index (χ4v) is 3.59. The van der Waals surface area contributed by atoms with E-state index in [-0.39, 0.29) is 25.0 Å². The molecule has 0 spiro atoms. The van der Waals surface area contributed by atoms with Gasteiger partial charge in [0.25, 0.3) is 5.91 Å². The van der Waals surface area contributed by atoms with E-state index in [2.05, 4.69) is 5.32 Å². The van der Waals surface area contributed by atoms with Gasteiger partial charge in [-0.15, -0.1) is 0 Å². The lowest BCUT2D eigenvalue weighted by molar-refractivity contribution is -0.151. The Labute approximate surface area is 214 Å². The molecule has 10 heteroatoms. The second-order valence-electron chi connectivity index (χ2n) is 8.78. The van der Waals surface area contributed by atoms with Gasteiger partial charge in [0.05, 0.1) is 29.8 Å². The number of carbonyl (C=O) groups excluding carboxylic acids is 5. The Bertz CT molecular complexity index is 1140. The Kier molecular flexibility index (Phi) is 9.37. The van der Waals surface area contributed by atoms with Crippen LogP contribution in [0.5, 0.6) is 0 Å². The summed E-state index contributed by atoms with van der Waals surface area (Å²) in [6.45, 7) is 5.31. The topological polar surface area (TPSA) is 128 Å². The average molecular weight is 511 g/mol. The summed E-state index contributed by atoms with van der Waals surface area (Å²) in [5.74, 6) is -3.10. The molecular formula is C27H30N2O8. The number of nitrogens with one attached hydrogen (secondary N) is 1. The molecular weight excluding hydrogens is 480 g/mol. The van der Waals surface area contributed by atoms with Crippen LogP contribution < -0.4 is 10.2 Å². The number of esters is 3. The predicted molar refractivity (Wildman–Crippen MR) is 134 cm³/mol. The summed E-state index contributed by atoms with van der Waals surface area (Å²) >= 11 is 0. The van der Waals surface area contributed by atoms with Crippen molar-refractivity contribution < 1.29 is 38.2 Å². The summed E-state index contributed by atoms with van der Waals surface area (Å²) in [7, 11) is 0. The molecule has 196 valence electrons. The van der Waals surface area contributed by atoms with Gasteiger partial charge < -0.3 is 24.4 Å². The van der Waals surface area contributed by atoms with E-state index in [1.807, 2.05) is 6.92 Å². The molecule has 0 saturated carbocycles. The van der Waals surface area contributed by atoms with Crippen molar-refractivity contribution in [2.75, 3.05) is 30.0 Å². The minimum atomic E-state index is -0.723. The number of hydrogen-bond acceptors (Lipinski definition) is 8. The zero-order valence-corrected chi connectivity index (χ0v) is 21.0. The van der Waals surface area contributed by atoms with E-state index in [0.29, 0.717) is 29.1 Å². The van der Waals surface area contributed by atoms with Crippen molar-refractivity contribution in [3.05, 3.63) is 59.7 Å². The number of amides is 2. The Morgan fingerprint density at radius 2 is 1.57 bits per heavy atom. The largest absolute Gasteiger partial charge is 0.462 e. The summed E-state index contributed by atoms with van der Waals surface area (Å²) in [6.07, 6.45) is 0.422. The van der Waals surface area contributed by atoms with Gasteiger partial charge in [-0.2, -0.15) is 0 Å². The van der Waals surface area contributed by atoms with E-state index >= 15 is 0 Å². The summed E-state index contributed by atoms with van der Waals surface area (Å²) in [6, 6.07) is 12.5. The fraction of sp³-hybridized carbons (Fsp3) is 0.370. The van der Waals surface area contributed by atoms with Crippen LogP contribution in [0, 0.1) is 5.92 Å². The van der Waals surface area contributed by atoms with Gasteiger partial charge in [0.1, 0.15) is 0 Å². The molecule has 0 bridgehead atoms. The first-order valence-corrected chi connectivity index (χ1v) is 12.0. The van der Waals surface area contributed by atoms with Crippen LogP contribution in [0.1, 0.15) is 54.3 Å². The van der Waals surface area contributed by atoms with Gasteiger partial charge in [0.2, 0.25) is 5.91 Å². The molecule has 37 heavy (non-hydrogen) atoms. The third-order valence-electron chi connectivity index (χ3n) is 5.40. The molecule has 0 unspecified atom stereocenters. The molecule has 10 nitrogen and oxygen atoms in total. The van der Waals surface area contributed by atoms with Crippen LogP contribution in [0.15, 0.2) is 48.5 Å². The molecule has 1 aliphatic heterocycles. The molecule has 2 aromatic carbocycles. The van der Waals surface area contributed by atoms with E-state index in [9.17, 15) is 24.0 Å². The molecule has 1 fully saturated rings. The van der Waals surface area contributed by atoms with Gasteiger partial charge >= 0.3 is 17.9 Å². The first-order valence-electron chi connectivity index (χ1n) is 12.0. The lowest BCUT2D eigenvalue weighted by Gasteiger charge is -2.17. The molecule has 2 amide bonds. The van der Waals surface area contributed by atoms with Crippen LogP contribution in [0.4, 0.5) is 11.4 Å². The van der Waals surface area contributed by atoms with Crippen LogP contribution in [-0.2, 0) is 28.6 Å². The molecule has 1 aliphatic rings. The van der Waals surface area contributed by atoms with Crippen molar-refractivity contribution in [3.63, 3.8) is 0 Å².